The maximum atomic E-state index is 12.5. The first-order chi connectivity index (χ1) is 10.4. The zero-order chi connectivity index (χ0) is 16.0. The second-order valence-corrected chi connectivity index (χ2v) is 6.78. The van der Waals surface area contributed by atoms with Crippen molar-refractivity contribution in [2.75, 3.05) is 5.32 Å². The van der Waals surface area contributed by atoms with Crippen molar-refractivity contribution in [3.63, 3.8) is 0 Å². The van der Waals surface area contributed by atoms with Gasteiger partial charge in [-0.1, -0.05) is 44.0 Å². The Kier molecular flexibility index (Phi) is 4.00. The summed E-state index contributed by atoms with van der Waals surface area (Å²) in [6, 6.07) is 6.27. The number of hydrogen-bond donors (Lipinski definition) is 3. The van der Waals surface area contributed by atoms with Crippen molar-refractivity contribution in [2.24, 2.45) is 11.8 Å². The van der Waals surface area contributed by atoms with Gasteiger partial charge in [-0.05, 0) is 12.1 Å². The third kappa shape index (κ3) is 2.35. The van der Waals surface area contributed by atoms with Gasteiger partial charge in [-0.3, -0.25) is 9.59 Å². The molecule has 0 aromatic heterocycles. The summed E-state index contributed by atoms with van der Waals surface area (Å²) in [5.41, 5.74) is 0.235. The molecule has 1 fully saturated rings. The molecule has 1 amide bonds. The van der Waals surface area contributed by atoms with Crippen LogP contribution in [0.15, 0.2) is 33.2 Å². The minimum atomic E-state index is -1.10. The standard InChI is InChI=1S/C14H11Br2NO5/c15-9-10(16)12-8(14(20)21)7(11(9)22-12)13(19)17-5-3-1-2-4-6(5)18/h1-4,7-8,11-12,18H,(H,17,19)(H,20,21)/t7-,8+,11+,12+/m0/s1. The molecule has 0 saturated carbocycles. The molecule has 3 rings (SSSR count). The van der Waals surface area contributed by atoms with E-state index in [1.807, 2.05) is 0 Å². The molecule has 2 aliphatic rings. The van der Waals surface area contributed by atoms with Gasteiger partial charge in [0, 0.05) is 8.96 Å². The fraction of sp³-hybridized carbons (Fsp3) is 0.286. The van der Waals surface area contributed by atoms with Crippen LogP contribution in [0.3, 0.4) is 0 Å². The molecular weight excluding hydrogens is 422 g/mol. The predicted octanol–water partition coefficient (Wildman–Crippen LogP) is 2.43. The number of ether oxygens (including phenoxy) is 1. The third-order valence-corrected chi connectivity index (χ3v) is 6.10. The number of carboxylic acids is 1. The summed E-state index contributed by atoms with van der Waals surface area (Å²) >= 11 is 6.63. The number of hydrogen-bond acceptors (Lipinski definition) is 4. The first-order valence-corrected chi connectivity index (χ1v) is 8.02. The smallest absolute Gasteiger partial charge is 0.310 e. The average Bonchev–Trinajstić information content (AvgIpc) is 2.99. The fourth-order valence-electron chi connectivity index (χ4n) is 2.79. The van der Waals surface area contributed by atoms with E-state index in [2.05, 4.69) is 37.2 Å². The number of nitrogens with one attached hydrogen (secondary N) is 1. The maximum absolute atomic E-state index is 12.5. The van der Waals surface area contributed by atoms with E-state index in [1.165, 1.54) is 12.1 Å². The highest BCUT2D eigenvalue weighted by Crippen LogP contribution is 2.51. The fourth-order valence-corrected chi connectivity index (χ4v) is 4.03. The van der Waals surface area contributed by atoms with Crippen LogP contribution in [-0.4, -0.2) is 34.3 Å². The summed E-state index contributed by atoms with van der Waals surface area (Å²) in [4.78, 5) is 24.0. The Labute approximate surface area is 142 Å². The summed E-state index contributed by atoms with van der Waals surface area (Å²) in [6.45, 7) is 0. The quantitative estimate of drug-likeness (QED) is 0.637. The van der Waals surface area contributed by atoms with Crippen LogP contribution < -0.4 is 5.32 Å². The zero-order valence-electron chi connectivity index (χ0n) is 11.0. The highest BCUT2D eigenvalue weighted by molar-refractivity contribution is 9.14. The van der Waals surface area contributed by atoms with Gasteiger partial charge in [-0.15, -0.1) is 0 Å². The van der Waals surface area contributed by atoms with Crippen molar-refractivity contribution in [3.05, 3.63) is 33.2 Å². The lowest BCUT2D eigenvalue weighted by Crippen LogP contribution is -2.40. The lowest BCUT2D eigenvalue weighted by atomic mass is 9.82. The number of fused-ring (bicyclic) bond motifs is 2. The molecule has 6 nitrogen and oxygen atoms in total. The lowest BCUT2D eigenvalue weighted by Gasteiger charge is -2.24. The SMILES string of the molecule is O=C(O)[C@@H]1[C@H](C(=O)Nc2ccccc2O)[C@H]2O[C@H]1C(Br)=C2Br. The van der Waals surface area contributed by atoms with E-state index >= 15 is 0 Å². The maximum Gasteiger partial charge on any atom is 0.310 e. The van der Waals surface area contributed by atoms with Crippen LogP contribution >= 0.6 is 31.9 Å². The lowest BCUT2D eigenvalue weighted by molar-refractivity contribution is -0.146. The van der Waals surface area contributed by atoms with Crippen LogP contribution in [0.4, 0.5) is 5.69 Å². The van der Waals surface area contributed by atoms with Crippen molar-refractivity contribution >= 4 is 49.4 Å². The average molecular weight is 433 g/mol. The van der Waals surface area contributed by atoms with Crippen molar-refractivity contribution in [2.45, 2.75) is 12.2 Å². The number of aromatic hydroxyl groups is 1. The van der Waals surface area contributed by atoms with Gasteiger partial charge in [-0.25, -0.2) is 0 Å². The van der Waals surface area contributed by atoms with Gasteiger partial charge in [-0.2, -0.15) is 0 Å². The first-order valence-electron chi connectivity index (χ1n) is 6.44. The van der Waals surface area contributed by atoms with Crippen LogP contribution in [0, 0.1) is 11.8 Å². The molecule has 22 heavy (non-hydrogen) atoms. The van der Waals surface area contributed by atoms with E-state index in [4.69, 9.17) is 4.74 Å². The molecule has 8 heteroatoms. The molecule has 1 aromatic carbocycles. The minimum absolute atomic E-state index is 0.0809. The first kappa shape index (κ1) is 15.5. The molecule has 1 aromatic rings. The van der Waals surface area contributed by atoms with Gasteiger partial charge in [0.25, 0.3) is 0 Å². The molecule has 0 aliphatic carbocycles. The Bertz CT molecular complexity index is 690. The molecule has 3 N–H and O–H groups in total. The Balaban J connectivity index is 1.89. The van der Waals surface area contributed by atoms with Gasteiger partial charge >= 0.3 is 5.97 Å². The monoisotopic (exact) mass is 431 g/mol. The minimum Gasteiger partial charge on any atom is -0.506 e. The second kappa shape index (κ2) is 5.68. The number of rotatable bonds is 3. The number of aliphatic carboxylic acids is 1. The molecular formula is C14H11Br2NO5. The summed E-state index contributed by atoms with van der Waals surface area (Å²) in [5, 5.41) is 21.7. The van der Waals surface area contributed by atoms with Gasteiger partial charge in [0.05, 0.1) is 11.6 Å². The second-order valence-electron chi connectivity index (χ2n) is 5.07. The number of halogens is 2. The van der Waals surface area contributed by atoms with Crippen LogP contribution in [0.5, 0.6) is 5.75 Å². The third-order valence-electron chi connectivity index (χ3n) is 3.81. The van der Waals surface area contributed by atoms with Gasteiger partial charge in [0.15, 0.2) is 0 Å². The normalized spacial score (nSPS) is 29.7. The molecule has 0 unspecified atom stereocenters. The van der Waals surface area contributed by atoms with Crippen molar-refractivity contribution in [1.29, 1.82) is 0 Å². The van der Waals surface area contributed by atoms with Gasteiger partial charge in [0.1, 0.15) is 23.9 Å². The van der Waals surface area contributed by atoms with Crippen molar-refractivity contribution in [3.8, 4) is 5.75 Å². The number of carbonyl (C=O) groups excluding carboxylic acids is 1. The Hall–Kier alpha value is -1.38. The Morgan fingerprint density at radius 3 is 2.27 bits per heavy atom. The number of phenolic OH excluding ortho intramolecular Hbond substituents is 1. The van der Waals surface area contributed by atoms with E-state index < -0.39 is 35.9 Å². The molecule has 4 atom stereocenters. The largest absolute Gasteiger partial charge is 0.506 e. The molecule has 0 spiro atoms. The topological polar surface area (TPSA) is 95.9 Å². The highest BCUT2D eigenvalue weighted by atomic mass is 79.9. The number of para-hydroxylation sites is 2. The summed E-state index contributed by atoms with van der Waals surface area (Å²) in [7, 11) is 0. The molecule has 2 heterocycles. The van der Waals surface area contributed by atoms with Crippen LogP contribution in [0.25, 0.3) is 0 Å². The Morgan fingerprint density at radius 1 is 1.09 bits per heavy atom. The van der Waals surface area contributed by atoms with Crippen LogP contribution in [0.1, 0.15) is 0 Å². The number of phenols is 1. The van der Waals surface area contributed by atoms with E-state index in [1.54, 1.807) is 12.1 Å². The van der Waals surface area contributed by atoms with E-state index in [0.29, 0.717) is 8.96 Å². The number of amides is 1. The number of benzene rings is 1. The predicted molar refractivity (Wildman–Crippen MR) is 84.9 cm³/mol. The van der Waals surface area contributed by atoms with E-state index in [9.17, 15) is 19.8 Å². The van der Waals surface area contributed by atoms with Gasteiger partial charge < -0.3 is 20.3 Å². The zero-order valence-corrected chi connectivity index (χ0v) is 14.2. The molecule has 0 radical (unpaired) electrons. The van der Waals surface area contributed by atoms with E-state index in [0.717, 1.165) is 0 Å². The summed E-state index contributed by atoms with van der Waals surface area (Å²) in [5.74, 6) is -3.54. The molecule has 1 saturated heterocycles. The molecule has 2 aliphatic heterocycles. The highest BCUT2D eigenvalue weighted by Gasteiger charge is 2.58. The number of anilines is 1. The van der Waals surface area contributed by atoms with Gasteiger partial charge in [0.2, 0.25) is 5.91 Å². The molecule has 116 valence electrons. The van der Waals surface area contributed by atoms with Crippen LogP contribution in [0.2, 0.25) is 0 Å². The molecule has 2 bridgehead atoms. The van der Waals surface area contributed by atoms with Crippen molar-refractivity contribution < 1.29 is 24.5 Å². The van der Waals surface area contributed by atoms with Crippen molar-refractivity contribution in [1.82, 2.24) is 0 Å². The van der Waals surface area contributed by atoms with Crippen LogP contribution in [-0.2, 0) is 14.3 Å². The Morgan fingerprint density at radius 2 is 1.68 bits per heavy atom. The number of carboxylic acid groups (broad SMARTS) is 1. The summed E-state index contributed by atoms with van der Waals surface area (Å²) in [6.07, 6.45) is -1.33. The summed E-state index contributed by atoms with van der Waals surface area (Å²) < 4.78 is 6.87. The van der Waals surface area contributed by atoms with E-state index in [-0.39, 0.29) is 11.4 Å². The number of carbonyl (C=O) groups is 2.